The summed E-state index contributed by atoms with van der Waals surface area (Å²) < 4.78 is 5.73. The van der Waals surface area contributed by atoms with Crippen LogP contribution in [0.25, 0.3) is 0 Å². The summed E-state index contributed by atoms with van der Waals surface area (Å²) in [5.41, 5.74) is 3.52. The number of oxime groups is 1. The van der Waals surface area contributed by atoms with E-state index in [1.165, 1.54) is 0 Å². The fourth-order valence-electron chi connectivity index (χ4n) is 4.61. The van der Waals surface area contributed by atoms with Crippen LogP contribution >= 0.6 is 11.6 Å². The molecule has 0 saturated carbocycles. The summed E-state index contributed by atoms with van der Waals surface area (Å²) in [4.78, 5) is 20.8. The number of nitrogens with zero attached hydrogens (tertiary/aromatic N) is 2. The topological polar surface area (TPSA) is 51.1 Å². The minimum atomic E-state index is -0.561. The highest BCUT2D eigenvalue weighted by atomic mass is 35.5. The van der Waals surface area contributed by atoms with Gasteiger partial charge in [0.05, 0.1) is 17.7 Å². The van der Waals surface area contributed by atoms with E-state index in [0.717, 1.165) is 22.4 Å². The normalized spacial score (nSPS) is 27.1. The molecule has 144 valence electrons. The maximum atomic E-state index is 13.1. The molecule has 5 nitrogen and oxygen atoms in total. The molecular formula is C22H21ClN2O3. The molecule has 2 bridgehead atoms. The maximum Gasteiger partial charge on any atom is 0.411 e. The molecule has 0 radical (unpaired) electrons. The lowest BCUT2D eigenvalue weighted by Crippen LogP contribution is -2.36. The second-order valence-corrected chi connectivity index (χ2v) is 8.92. The number of amides is 1. The molecule has 4 atom stereocenters. The van der Waals surface area contributed by atoms with Crippen molar-refractivity contribution in [3.05, 3.63) is 70.2 Å². The first-order valence-electron chi connectivity index (χ1n) is 9.45. The summed E-state index contributed by atoms with van der Waals surface area (Å²) in [5, 5.41) is 5.08. The Kier molecular flexibility index (Phi) is 3.75. The third-order valence-corrected chi connectivity index (χ3v) is 5.82. The van der Waals surface area contributed by atoms with E-state index in [4.69, 9.17) is 21.2 Å². The van der Waals surface area contributed by atoms with Gasteiger partial charge >= 0.3 is 6.09 Å². The molecule has 1 fully saturated rings. The third-order valence-electron chi connectivity index (χ3n) is 5.57. The molecule has 3 heterocycles. The standard InChI is InChI=1S/C22H21ClN2O3/c1-22(2,3)27-21(26)25-18-14-6-4-5-7-15(14)19(25)20-16(18)17(24-28-20)12-8-10-13(23)11-9-12/h4-11,16,18-20H,1-3H3/t16-,18-,19+,20-/m0/s1. The molecule has 5 rings (SSSR count). The fourth-order valence-corrected chi connectivity index (χ4v) is 4.74. The Morgan fingerprint density at radius 2 is 1.71 bits per heavy atom. The maximum absolute atomic E-state index is 13.1. The Morgan fingerprint density at radius 3 is 2.36 bits per heavy atom. The van der Waals surface area contributed by atoms with Crippen LogP contribution in [-0.4, -0.2) is 28.4 Å². The minimum absolute atomic E-state index is 0.0337. The molecule has 1 amide bonds. The largest absolute Gasteiger partial charge is 0.444 e. The molecule has 2 aromatic rings. The van der Waals surface area contributed by atoms with Crippen LogP contribution in [0, 0.1) is 5.92 Å². The van der Waals surface area contributed by atoms with Crippen molar-refractivity contribution in [1.29, 1.82) is 0 Å². The van der Waals surface area contributed by atoms with Crippen molar-refractivity contribution in [2.45, 2.75) is 44.6 Å². The van der Waals surface area contributed by atoms with Crippen molar-refractivity contribution in [3.8, 4) is 0 Å². The molecule has 0 aliphatic carbocycles. The summed E-state index contributed by atoms with van der Waals surface area (Å²) in [6.07, 6.45) is -0.523. The molecule has 3 aliphatic heterocycles. The number of hydrogen-bond acceptors (Lipinski definition) is 4. The van der Waals surface area contributed by atoms with Gasteiger partial charge in [-0.3, -0.25) is 4.90 Å². The molecule has 0 unspecified atom stereocenters. The summed E-state index contributed by atoms with van der Waals surface area (Å²) in [6, 6.07) is 15.4. The zero-order chi connectivity index (χ0) is 19.6. The van der Waals surface area contributed by atoms with Gasteiger partial charge in [0.25, 0.3) is 0 Å². The zero-order valence-electron chi connectivity index (χ0n) is 15.9. The monoisotopic (exact) mass is 396 g/mol. The van der Waals surface area contributed by atoms with Gasteiger partial charge in [0.2, 0.25) is 0 Å². The first-order chi connectivity index (χ1) is 13.3. The van der Waals surface area contributed by atoms with Gasteiger partial charge in [-0.05, 0) is 49.6 Å². The van der Waals surface area contributed by atoms with Crippen LogP contribution in [0.15, 0.2) is 53.7 Å². The Hall–Kier alpha value is -2.53. The van der Waals surface area contributed by atoms with Crippen LogP contribution in [0.1, 0.15) is 49.5 Å². The molecule has 2 aromatic carbocycles. The van der Waals surface area contributed by atoms with Crippen LogP contribution < -0.4 is 0 Å². The van der Waals surface area contributed by atoms with Gasteiger partial charge in [-0.25, -0.2) is 4.79 Å². The Bertz CT molecular complexity index is 980. The van der Waals surface area contributed by atoms with E-state index in [1.807, 2.05) is 62.1 Å². The van der Waals surface area contributed by atoms with Gasteiger partial charge in [-0.2, -0.15) is 0 Å². The highest BCUT2D eigenvalue weighted by molar-refractivity contribution is 6.30. The molecule has 0 spiro atoms. The molecule has 6 heteroatoms. The first-order valence-corrected chi connectivity index (χ1v) is 9.83. The van der Waals surface area contributed by atoms with Crippen molar-refractivity contribution in [3.63, 3.8) is 0 Å². The molecule has 0 N–H and O–H groups in total. The Morgan fingerprint density at radius 1 is 1.07 bits per heavy atom. The van der Waals surface area contributed by atoms with Gasteiger partial charge in [0.15, 0.2) is 6.10 Å². The fraction of sp³-hybridized carbons (Fsp3) is 0.364. The smallest absolute Gasteiger partial charge is 0.411 e. The van der Waals surface area contributed by atoms with E-state index >= 15 is 0 Å². The predicted octanol–water partition coefficient (Wildman–Crippen LogP) is 5.11. The number of carbonyl (C=O) groups excluding carboxylic acids is 1. The quantitative estimate of drug-likeness (QED) is 0.673. The molecule has 0 aromatic heterocycles. The average molecular weight is 397 g/mol. The highest BCUT2D eigenvalue weighted by Gasteiger charge is 2.63. The summed E-state index contributed by atoms with van der Waals surface area (Å²) in [5.74, 6) is -0.0337. The lowest BCUT2D eigenvalue weighted by molar-refractivity contribution is 0.00341. The average Bonchev–Trinajstić information content (AvgIpc) is 3.29. The lowest BCUT2D eigenvalue weighted by atomic mass is 9.78. The Balaban J connectivity index is 1.57. The van der Waals surface area contributed by atoms with E-state index in [1.54, 1.807) is 0 Å². The molecular weight excluding hydrogens is 376 g/mol. The van der Waals surface area contributed by atoms with Crippen LogP contribution in [0.2, 0.25) is 5.02 Å². The summed E-state index contributed by atoms with van der Waals surface area (Å²) in [7, 11) is 0. The summed E-state index contributed by atoms with van der Waals surface area (Å²) >= 11 is 6.05. The predicted molar refractivity (Wildman–Crippen MR) is 106 cm³/mol. The van der Waals surface area contributed by atoms with Crippen LogP contribution in [-0.2, 0) is 9.57 Å². The van der Waals surface area contributed by atoms with E-state index in [2.05, 4.69) is 17.3 Å². The molecule has 28 heavy (non-hydrogen) atoms. The van der Waals surface area contributed by atoms with Crippen molar-refractivity contribution in [2.24, 2.45) is 11.1 Å². The minimum Gasteiger partial charge on any atom is -0.444 e. The highest BCUT2D eigenvalue weighted by Crippen LogP contribution is 2.60. The SMILES string of the molecule is CC(C)(C)OC(=O)N1[C@@H]2c3ccccc3[C@H]1[C@@H]1C(c3ccc(Cl)cc3)=NO[C@@H]12. The number of benzene rings is 2. The van der Waals surface area contributed by atoms with Gasteiger partial charge in [0.1, 0.15) is 11.6 Å². The van der Waals surface area contributed by atoms with E-state index in [9.17, 15) is 4.79 Å². The summed E-state index contributed by atoms with van der Waals surface area (Å²) in [6.45, 7) is 5.65. The number of halogens is 1. The number of hydrogen-bond donors (Lipinski definition) is 0. The number of fused-ring (bicyclic) bond motifs is 8. The van der Waals surface area contributed by atoms with E-state index in [0.29, 0.717) is 5.02 Å². The first kappa shape index (κ1) is 17.6. The zero-order valence-corrected chi connectivity index (χ0v) is 16.7. The third kappa shape index (κ3) is 2.53. The second kappa shape index (κ2) is 5.98. The van der Waals surface area contributed by atoms with E-state index in [-0.39, 0.29) is 30.2 Å². The second-order valence-electron chi connectivity index (χ2n) is 8.49. The van der Waals surface area contributed by atoms with Crippen molar-refractivity contribution in [2.75, 3.05) is 0 Å². The number of rotatable bonds is 1. The van der Waals surface area contributed by atoms with Gasteiger partial charge in [-0.1, -0.05) is 53.2 Å². The molecule has 3 aliphatic rings. The van der Waals surface area contributed by atoms with Gasteiger partial charge in [0, 0.05) is 5.02 Å². The number of carbonyl (C=O) groups is 1. The van der Waals surface area contributed by atoms with Crippen molar-refractivity contribution in [1.82, 2.24) is 4.90 Å². The van der Waals surface area contributed by atoms with Crippen LogP contribution in [0.5, 0.6) is 0 Å². The Labute approximate surface area is 168 Å². The lowest BCUT2D eigenvalue weighted by Gasteiger charge is -2.28. The van der Waals surface area contributed by atoms with Gasteiger partial charge < -0.3 is 9.57 Å². The van der Waals surface area contributed by atoms with Crippen LogP contribution in [0.3, 0.4) is 0 Å². The molecule has 1 saturated heterocycles. The number of ether oxygens (including phenoxy) is 1. The van der Waals surface area contributed by atoms with Gasteiger partial charge in [-0.15, -0.1) is 0 Å². The van der Waals surface area contributed by atoms with Crippen molar-refractivity contribution < 1.29 is 14.4 Å². The van der Waals surface area contributed by atoms with Crippen molar-refractivity contribution >= 4 is 23.4 Å². The van der Waals surface area contributed by atoms with E-state index < -0.39 is 5.60 Å². The van der Waals surface area contributed by atoms with Crippen LogP contribution in [0.4, 0.5) is 4.79 Å².